The van der Waals surface area contributed by atoms with Gasteiger partial charge in [-0.3, -0.25) is 4.79 Å². The van der Waals surface area contributed by atoms with Gasteiger partial charge in [0, 0.05) is 6.92 Å². The fourth-order valence-electron chi connectivity index (χ4n) is 1.44. The third kappa shape index (κ3) is 2.71. The monoisotopic (exact) mass is 250 g/mol. The second-order valence-electron chi connectivity index (χ2n) is 3.70. The molecule has 5 nitrogen and oxygen atoms in total. The SMILES string of the molecule is CC(=O)c1cc(F)ccc1OCc1nnc(C)o1. The molecule has 1 heterocycles. The zero-order chi connectivity index (χ0) is 13.1. The number of aromatic nitrogens is 2. The van der Waals surface area contributed by atoms with Gasteiger partial charge in [0.1, 0.15) is 11.6 Å². The van der Waals surface area contributed by atoms with Crippen LogP contribution < -0.4 is 4.74 Å². The number of ketones is 1. The molecule has 18 heavy (non-hydrogen) atoms. The van der Waals surface area contributed by atoms with Crippen LogP contribution in [0.15, 0.2) is 22.6 Å². The van der Waals surface area contributed by atoms with E-state index in [4.69, 9.17) is 9.15 Å². The second-order valence-corrected chi connectivity index (χ2v) is 3.70. The van der Waals surface area contributed by atoms with Crippen LogP contribution in [0.5, 0.6) is 5.75 Å². The molecule has 0 radical (unpaired) electrons. The molecule has 0 fully saturated rings. The predicted octanol–water partition coefficient (Wildman–Crippen LogP) is 2.30. The van der Waals surface area contributed by atoms with E-state index >= 15 is 0 Å². The van der Waals surface area contributed by atoms with Crippen molar-refractivity contribution < 1.29 is 18.3 Å². The standard InChI is InChI=1S/C12H11FN2O3/c1-7(16)10-5-9(13)3-4-11(10)17-6-12-15-14-8(2)18-12/h3-5H,6H2,1-2H3. The van der Waals surface area contributed by atoms with E-state index in [2.05, 4.69) is 10.2 Å². The first-order chi connectivity index (χ1) is 8.56. The maximum Gasteiger partial charge on any atom is 0.253 e. The summed E-state index contributed by atoms with van der Waals surface area (Å²) in [7, 11) is 0. The molecule has 0 unspecified atom stereocenters. The normalized spacial score (nSPS) is 10.4. The number of halogens is 1. The number of carbonyl (C=O) groups excluding carboxylic acids is 1. The molecule has 0 aliphatic carbocycles. The summed E-state index contributed by atoms with van der Waals surface area (Å²) in [6, 6.07) is 3.76. The van der Waals surface area contributed by atoms with Gasteiger partial charge < -0.3 is 9.15 Å². The van der Waals surface area contributed by atoms with Crippen LogP contribution in [0.2, 0.25) is 0 Å². The maximum absolute atomic E-state index is 13.0. The summed E-state index contributed by atoms with van der Waals surface area (Å²) < 4.78 is 23.5. The highest BCUT2D eigenvalue weighted by atomic mass is 19.1. The number of aryl methyl sites for hydroxylation is 1. The van der Waals surface area contributed by atoms with Crippen LogP contribution in [0, 0.1) is 12.7 Å². The van der Waals surface area contributed by atoms with Crippen molar-refractivity contribution in [3.63, 3.8) is 0 Å². The van der Waals surface area contributed by atoms with Gasteiger partial charge in [0.2, 0.25) is 5.89 Å². The van der Waals surface area contributed by atoms with Crippen molar-refractivity contribution in [2.75, 3.05) is 0 Å². The fourth-order valence-corrected chi connectivity index (χ4v) is 1.44. The van der Waals surface area contributed by atoms with E-state index in [9.17, 15) is 9.18 Å². The van der Waals surface area contributed by atoms with Gasteiger partial charge in [-0.15, -0.1) is 10.2 Å². The van der Waals surface area contributed by atoms with Gasteiger partial charge in [-0.2, -0.15) is 0 Å². The van der Waals surface area contributed by atoms with Crippen LogP contribution in [0.3, 0.4) is 0 Å². The molecular weight excluding hydrogens is 239 g/mol. The Labute approximate surface area is 103 Å². The minimum atomic E-state index is -0.485. The van der Waals surface area contributed by atoms with Crippen LogP contribution in [0.1, 0.15) is 29.1 Å². The molecule has 6 heteroatoms. The van der Waals surface area contributed by atoms with Gasteiger partial charge in [0.05, 0.1) is 5.56 Å². The van der Waals surface area contributed by atoms with Crippen molar-refractivity contribution in [1.82, 2.24) is 10.2 Å². The molecule has 0 saturated heterocycles. The van der Waals surface area contributed by atoms with Crippen molar-refractivity contribution >= 4 is 5.78 Å². The molecule has 94 valence electrons. The van der Waals surface area contributed by atoms with Gasteiger partial charge in [0.25, 0.3) is 5.89 Å². The highest BCUT2D eigenvalue weighted by Crippen LogP contribution is 2.21. The molecule has 0 N–H and O–H groups in total. The molecule has 0 aliphatic heterocycles. The first-order valence-electron chi connectivity index (χ1n) is 5.28. The Morgan fingerprint density at radius 2 is 2.22 bits per heavy atom. The molecule has 2 rings (SSSR count). The molecule has 1 aromatic carbocycles. The highest BCUT2D eigenvalue weighted by molar-refractivity contribution is 5.96. The number of carbonyl (C=O) groups is 1. The minimum absolute atomic E-state index is 0.0345. The van der Waals surface area contributed by atoms with Crippen LogP contribution >= 0.6 is 0 Å². The Morgan fingerprint density at radius 3 is 2.83 bits per heavy atom. The van der Waals surface area contributed by atoms with Gasteiger partial charge in [0.15, 0.2) is 12.4 Å². The lowest BCUT2D eigenvalue weighted by Gasteiger charge is -2.07. The molecule has 1 aromatic heterocycles. The number of benzene rings is 1. The fraction of sp³-hybridized carbons (Fsp3) is 0.250. The lowest BCUT2D eigenvalue weighted by molar-refractivity contribution is 0.101. The van der Waals surface area contributed by atoms with Crippen molar-refractivity contribution in [2.45, 2.75) is 20.5 Å². The molecule has 0 aliphatic rings. The van der Waals surface area contributed by atoms with E-state index in [1.54, 1.807) is 6.92 Å². The Balaban J connectivity index is 2.16. The van der Waals surface area contributed by atoms with E-state index in [0.717, 1.165) is 6.07 Å². The van der Waals surface area contributed by atoms with Crippen molar-refractivity contribution in [2.24, 2.45) is 0 Å². The molecule has 2 aromatic rings. The van der Waals surface area contributed by atoms with E-state index in [1.807, 2.05) is 0 Å². The van der Waals surface area contributed by atoms with E-state index < -0.39 is 5.82 Å². The number of hydrogen-bond acceptors (Lipinski definition) is 5. The zero-order valence-electron chi connectivity index (χ0n) is 9.94. The van der Waals surface area contributed by atoms with Gasteiger partial charge in [-0.1, -0.05) is 0 Å². The van der Waals surface area contributed by atoms with E-state index in [1.165, 1.54) is 19.1 Å². The molecular formula is C12H11FN2O3. The summed E-state index contributed by atoms with van der Waals surface area (Å²) in [6.07, 6.45) is 0. The molecule has 0 saturated carbocycles. The van der Waals surface area contributed by atoms with Crippen LogP contribution in [0.4, 0.5) is 4.39 Å². The second kappa shape index (κ2) is 4.95. The Morgan fingerprint density at radius 1 is 1.44 bits per heavy atom. The topological polar surface area (TPSA) is 65.2 Å². The zero-order valence-corrected chi connectivity index (χ0v) is 9.94. The first kappa shape index (κ1) is 12.2. The number of nitrogens with zero attached hydrogens (tertiary/aromatic N) is 2. The smallest absolute Gasteiger partial charge is 0.253 e. The molecule has 0 spiro atoms. The number of rotatable bonds is 4. The number of Topliss-reactive ketones (excluding diaryl/α,β-unsaturated/α-hetero) is 1. The lowest BCUT2D eigenvalue weighted by Crippen LogP contribution is -2.02. The van der Waals surface area contributed by atoms with E-state index in [-0.39, 0.29) is 18.0 Å². The van der Waals surface area contributed by atoms with Gasteiger partial charge in [-0.05, 0) is 25.1 Å². The number of ether oxygens (including phenoxy) is 1. The highest BCUT2D eigenvalue weighted by Gasteiger charge is 2.11. The van der Waals surface area contributed by atoms with E-state index in [0.29, 0.717) is 17.5 Å². The van der Waals surface area contributed by atoms with Crippen LogP contribution in [0.25, 0.3) is 0 Å². The predicted molar refractivity (Wildman–Crippen MR) is 59.8 cm³/mol. The summed E-state index contributed by atoms with van der Waals surface area (Å²) in [5, 5.41) is 7.40. The minimum Gasteiger partial charge on any atom is -0.483 e. The molecule has 0 atom stereocenters. The van der Waals surface area contributed by atoms with Crippen molar-refractivity contribution in [1.29, 1.82) is 0 Å². The van der Waals surface area contributed by atoms with Gasteiger partial charge in [-0.25, -0.2) is 4.39 Å². The Hall–Kier alpha value is -2.24. The molecule has 0 amide bonds. The lowest BCUT2D eigenvalue weighted by atomic mass is 10.1. The average molecular weight is 250 g/mol. The third-order valence-electron chi connectivity index (χ3n) is 2.24. The first-order valence-corrected chi connectivity index (χ1v) is 5.28. The molecule has 0 bridgehead atoms. The Kier molecular flexibility index (Phi) is 3.36. The Bertz CT molecular complexity index is 580. The third-order valence-corrected chi connectivity index (χ3v) is 2.24. The quantitative estimate of drug-likeness (QED) is 0.779. The van der Waals surface area contributed by atoms with Crippen LogP contribution in [-0.4, -0.2) is 16.0 Å². The van der Waals surface area contributed by atoms with Gasteiger partial charge >= 0.3 is 0 Å². The summed E-state index contributed by atoms with van der Waals surface area (Å²) in [6.45, 7) is 3.04. The summed E-state index contributed by atoms with van der Waals surface area (Å²) in [4.78, 5) is 11.3. The maximum atomic E-state index is 13.0. The van der Waals surface area contributed by atoms with Crippen molar-refractivity contribution in [3.8, 4) is 5.75 Å². The summed E-state index contributed by atoms with van der Waals surface area (Å²) in [5.74, 6) is 0.262. The summed E-state index contributed by atoms with van der Waals surface area (Å²) >= 11 is 0. The average Bonchev–Trinajstić information content (AvgIpc) is 2.73. The van der Waals surface area contributed by atoms with Crippen molar-refractivity contribution in [3.05, 3.63) is 41.4 Å². The largest absolute Gasteiger partial charge is 0.483 e. The summed E-state index contributed by atoms with van der Waals surface area (Å²) in [5.41, 5.74) is 0.186. The van der Waals surface area contributed by atoms with Crippen LogP contribution in [-0.2, 0) is 6.61 Å². The number of hydrogen-bond donors (Lipinski definition) is 0.